The van der Waals surface area contributed by atoms with Crippen molar-refractivity contribution in [3.8, 4) is 11.5 Å². The molecular weight excluding hydrogens is 441 g/mol. The summed E-state index contributed by atoms with van der Waals surface area (Å²) in [4.78, 5) is 0. The topological polar surface area (TPSA) is 30.5 Å². The third-order valence-corrected chi connectivity index (χ3v) is 5.66. The van der Waals surface area contributed by atoms with Crippen molar-refractivity contribution in [1.29, 1.82) is 0 Å². The highest BCUT2D eigenvalue weighted by Crippen LogP contribution is 2.33. The predicted molar refractivity (Wildman–Crippen MR) is 129 cm³/mol. The molecule has 3 rings (SSSR count). The minimum absolute atomic E-state index is 0. The number of hydrogen-bond acceptors (Lipinski definition) is 3. The van der Waals surface area contributed by atoms with E-state index < -0.39 is 0 Å². The summed E-state index contributed by atoms with van der Waals surface area (Å²) in [6.07, 6.45) is 8.66. The summed E-state index contributed by atoms with van der Waals surface area (Å²) in [5.41, 5.74) is 3.56. The highest BCUT2D eigenvalue weighted by atomic mass is 35.5. The minimum Gasteiger partial charge on any atom is -0.490 e. The molecule has 0 saturated heterocycles. The zero-order chi connectivity index (χ0) is 20.5. The van der Waals surface area contributed by atoms with Crippen LogP contribution >= 0.6 is 35.6 Å². The number of rotatable bonds is 10. The van der Waals surface area contributed by atoms with Crippen molar-refractivity contribution in [3.63, 3.8) is 0 Å². The molecule has 0 atom stereocenters. The molecular formula is C24H30Cl3NO2. The summed E-state index contributed by atoms with van der Waals surface area (Å²) in [6, 6.07) is 11.5. The second-order valence-corrected chi connectivity index (χ2v) is 8.08. The fourth-order valence-corrected chi connectivity index (χ4v) is 3.99. The van der Waals surface area contributed by atoms with Crippen molar-refractivity contribution in [2.45, 2.75) is 52.2 Å². The van der Waals surface area contributed by atoms with E-state index in [-0.39, 0.29) is 12.4 Å². The number of nitrogens with one attached hydrogen (secondary N) is 1. The number of allylic oxidation sites excluding steroid dienone is 1. The summed E-state index contributed by atoms with van der Waals surface area (Å²) in [5, 5.41) is 4.78. The molecule has 0 unspecified atom stereocenters. The van der Waals surface area contributed by atoms with Crippen LogP contribution in [0.4, 0.5) is 0 Å². The van der Waals surface area contributed by atoms with Crippen molar-refractivity contribution in [2.75, 3.05) is 13.2 Å². The highest BCUT2D eigenvalue weighted by molar-refractivity contribution is 6.35. The maximum absolute atomic E-state index is 6.30. The summed E-state index contributed by atoms with van der Waals surface area (Å²) in [6.45, 7) is 4.62. The SMILES string of the molecule is CCOc1cccc(CNCCC2=CCCCC2)c1OCc1ccc(Cl)cc1Cl.Cl. The van der Waals surface area contributed by atoms with Crippen LogP contribution in [0.3, 0.4) is 0 Å². The van der Waals surface area contributed by atoms with Crippen molar-refractivity contribution in [1.82, 2.24) is 5.32 Å². The molecule has 1 N–H and O–H groups in total. The van der Waals surface area contributed by atoms with Crippen LogP contribution in [-0.4, -0.2) is 13.2 Å². The molecule has 0 fully saturated rings. The second-order valence-electron chi connectivity index (χ2n) is 7.24. The number of para-hydroxylation sites is 1. The van der Waals surface area contributed by atoms with E-state index in [2.05, 4.69) is 17.5 Å². The van der Waals surface area contributed by atoms with Crippen LogP contribution < -0.4 is 14.8 Å². The van der Waals surface area contributed by atoms with Crippen LogP contribution in [-0.2, 0) is 13.2 Å². The van der Waals surface area contributed by atoms with Crippen LogP contribution in [0.5, 0.6) is 11.5 Å². The minimum atomic E-state index is 0. The molecule has 0 heterocycles. The summed E-state index contributed by atoms with van der Waals surface area (Å²) >= 11 is 12.3. The van der Waals surface area contributed by atoms with Crippen LogP contribution in [0.1, 0.15) is 50.2 Å². The normalized spacial score (nSPS) is 13.4. The zero-order valence-corrected chi connectivity index (χ0v) is 19.7. The van der Waals surface area contributed by atoms with Gasteiger partial charge in [0.1, 0.15) is 6.61 Å². The van der Waals surface area contributed by atoms with E-state index in [1.165, 1.54) is 25.7 Å². The third kappa shape index (κ3) is 7.39. The lowest BCUT2D eigenvalue weighted by Crippen LogP contribution is -2.16. The smallest absolute Gasteiger partial charge is 0.166 e. The van der Waals surface area contributed by atoms with Gasteiger partial charge in [-0.15, -0.1) is 12.4 Å². The lowest BCUT2D eigenvalue weighted by atomic mass is 9.97. The fourth-order valence-electron chi connectivity index (χ4n) is 3.53. The molecule has 1 aliphatic carbocycles. The molecule has 0 amide bonds. The molecule has 0 spiro atoms. The Bertz CT molecular complexity index is 839. The van der Waals surface area contributed by atoms with Gasteiger partial charge in [0.2, 0.25) is 0 Å². The first-order valence-electron chi connectivity index (χ1n) is 10.4. The van der Waals surface area contributed by atoms with Gasteiger partial charge in [-0.05, 0) is 63.8 Å². The van der Waals surface area contributed by atoms with E-state index in [9.17, 15) is 0 Å². The maximum Gasteiger partial charge on any atom is 0.166 e. The Balaban J connectivity index is 0.00000320. The van der Waals surface area contributed by atoms with Gasteiger partial charge in [0.05, 0.1) is 6.61 Å². The number of ether oxygens (including phenoxy) is 2. The van der Waals surface area contributed by atoms with Crippen molar-refractivity contribution in [3.05, 3.63) is 69.2 Å². The molecule has 0 bridgehead atoms. The van der Waals surface area contributed by atoms with Gasteiger partial charge in [-0.2, -0.15) is 0 Å². The number of hydrogen-bond donors (Lipinski definition) is 1. The van der Waals surface area contributed by atoms with Gasteiger partial charge in [-0.1, -0.05) is 53.1 Å². The molecule has 1 aliphatic rings. The number of benzene rings is 2. The Labute approximate surface area is 196 Å². The fraction of sp³-hybridized carbons (Fsp3) is 0.417. The van der Waals surface area contributed by atoms with Gasteiger partial charge in [-0.3, -0.25) is 0 Å². The molecule has 30 heavy (non-hydrogen) atoms. The van der Waals surface area contributed by atoms with Crippen molar-refractivity contribution >= 4 is 35.6 Å². The molecule has 2 aromatic rings. The first kappa shape index (κ1) is 24.9. The Morgan fingerprint density at radius 1 is 1.03 bits per heavy atom. The van der Waals surface area contributed by atoms with E-state index in [0.717, 1.165) is 42.1 Å². The van der Waals surface area contributed by atoms with E-state index in [1.807, 2.05) is 31.2 Å². The van der Waals surface area contributed by atoms with Crippen LogP contribution in [0.25, 0.3) is 0 Å². The van der Waals surface area contributed by atoms with Gasteiger partial charge in [0.15, 0.2) is 11.5 Å². The summed E-state index contributed by atoms with van der Waals surface area (Å²) in [7, 11) is 0. The average Bonchev–Trinajstić information content (AvgIpc) is 2.73. The van der Waals surface area contributed by atoms with E-state index in [0.29, 0.717) is 23.3 Å². The first-order valence-corrected chi connectivity index (χ1v) is 11.1. The molecule has 164 valence electrons. The van der Waals surface area contributed by atoms with Crippen LogP contribution in [0.15, 0.2) is 48.0 Å². The Morgan fingerprint density at radius 2 is 1.90 bits per heavy atom. The van der Waals surface area contributed by atoms with Gasteiger partial charge < -0.3 is 14.8 Å². The van der Waals surface area contributed by atoms with E-state index in [1.54, 1.807) is 11.6 Å². The molecule has 2 aromatic carbocycles. The van der Waals surface area contributed by atoms with Gasteiger partial charge in [0.25, 0.3) is 0 Å². The quantitative estimate of drug-likeness (QED) is 0.290. The highest BCUT2D eigenvalue weighted by Gasteiger charge is 2.13. The first-order chi connectivity index (χ1) is 14.2. The van der Waals surface area contributed by atoms with E-state index in [4.69, 9.17) is 32.7 Å². The summed E-state index contributed by atoms with van der Waals surface area (Å²) < 4.78 is 12.0. The maximum atomic E-state index is 6.30. The lowest BCUT2D eigenvalue weighted by Gasteiger charge is -2.17. The van der Waals surface area contributed by atoms with E-state index >= 15 is 0 Å². The molecule has 0 aliphatic heterocycles. The van der Waals surface area contributed by atoms with Crippen LogP contribution in [0.2, 0.25) is 10.0 Å². The Morgan fingerprint density at radius 3 is 2.63 bits per heavy atom. The summed E-state index contributed by atoms with van der Waals surface area (Å²) in [5.74, 6) is 1.52. The average molecular weight is 471 g/mol. The Hall–Kier alpha value is -1.39. The largest absolute Gasteiger partial charge is 0.490 e. The van der Waals surface area contributed by atoms with Crippen LogP contribution in [0, 0.1) is 0 Å². The zero-order valence-electron chi connectivity index (χ0n) is 17.4. The van der Waals surface area contributed by atoms with Crippen molar-refractivity contribution in [2.24, 2.45) is 0 Å². The van der Waals surface area contributed by atoms with Gasteiger partial charge in [0, 0.05) is 27.7 Å². The molecule has 0 aromatic heterocycles. The molecule has 6 heteroatoms. The predicted octanol–water partition coefficient (Wildman–Crippen LogP) is 7.37. The number of halogens is 3. The molecule has 3 nitrogen and oxygen atoms in total. The second kappa shape index (κ2) is 13.1. The van der Waals surface area contributed by atoms with Gasteiger partial charge in [-0.25, -0.2) is 0 Å². The monoisotopic (exact) mass is 469 g/mol. The Kier molecular flexibility index (Phi) is 10.9. The lowest BCUT2D eigenvalue weighted by molar-refractivity contribution is 0.266. The van der Waals surface area contributed by atoms with Gasteiger partial charge >= 0.3 is 0 Å². The van der Waals surface area contributed by atoms with Crippen molar-refractivity contribution < 1.29 is 9.47 Å². The molecule has 0 radical (unpaired) electrons. The molecule has 0 saturated carbocycles. The standard InChI is InChI=1S/C24H29Cl2NO2.ClH/c1-2-28-23-10-6-9-19(16-27-14-13-18-7-4-3-5-8-18)24(23)29-17-20-11-12-21(25)15-22(20)26;/h6-7,9-12,15,27H,2-5,8,13-14,16-17H2,1H3;1H. The third-order valence-electron chi connectivity index (χ3n) is 5.07.